The first kappa shape index (κ1) is 30.3. The summed E-state index contributed by atoms with van der Waals surface area (Å²) >= 11 is 0. The zero-order valence-corrected chi connectivity index (χ0v) is 23.1. The summed E-state index contributed by atoms with van der Waals surface area (Å²) < 4.78 is 5.24. The van der Waals surface area contributed by atoms with Crippen molar-refractivity contribution in [2.24, 2.45) is 5.92 Å². The van der Waals surface area contributed by atoms with E-state index < -0.39 is 41.9 Å². The second kappa shape index (κ2) is 14.8. The lowest BCUT2D eigenvalue weighted by atomic mass is 10.00. The molecule has 9 nitrogen and oxygen atoms in total. The van der Waals surface area contributed by atoms with E-state index in [0.717, 1.165) is 16.3 Å². The summed E-state index contributed by atoms with van der Waals surface area (Å²) in [7, 11) is 0. The average molecular weight is 548 g/mol. The van der Waals surface area contributed by atoms with Gasteiger partial charge in [0.2, 0.25) is 11.7 Å². The van der Waals surface area contributed by atoms with Gasteiger partial charge in [0, 0.05) is 6.54 Å². The van der Waals surface area contributed by atoms with Crippen LogP contribution in [-0.4, -0.2) is 47.4 Å². The molecule has 0 spiro atoms. The predicted octanol–water partition coefficient (Wildman–Crippen LogP) is 3.79. The van der Waals surface area contributed by atoms with Gasteiger partial charge < -0.3 is 25.8 Å². The molecule has 40 heavy (non-hydrogen) atoms. The number of ketones is 1. The van der Waals surface area contributed by atoms with E-state index in [4.69, 9.17) is 4.74 Å². The van der Waals surface area contributed by atoms with Gasteiger partial charge in [0.25, 0.3) is 5.91 Å². The molecule has 0 heterocycles. The fourth-order valence-corrected chi connectivity index (χ4v) is 4.32. The van der Waals surface area contributed by atoms with Crippen LogP contribution in [0.1, 0.15) is 50.8 Å². The molecule has 0 saturated carbocycles. The van der Waals surface area contributed by atoms with Crippen molar-refractivity contribution in [1.29, 1.82) is 0 Å². The van der Waals surface area contributed by atoms with Crippen molar-refractivity contribution >= 4 is 34.5 Å². The third kappa shape index (κ3) is 8.64. The van der Waals surface area contributed by atoms with Crippen LogP contribution >= 0.6 is 0 Å². The van der Waals surface area contributed by atoms with Gasteiger partial charge >= 0.3 is 6.09 Å². The Labute approximate surface area is 234 Å². The molecule has 212 valence electrons. The molecule has 3 aromatic rings. The van der Waals surface area contributed by atoms with Crippen LogP contribution in [0.2, 0.25) is 0 Å². The number of amides is 3. The highest BCUT2D eigenvalue weighted by atomic mass is 16.5. The number of hydrogen-bond donors (Lipinski definition) is 4. The maximum Gasteiger partial charge on any atom is 0.408 e. The topological polar surface area (TPSA) is 134 Å². The Bertz CT molecular complexity index is 1310. The normalized spacial score (nSPS) is 13.2. The molecule has 3 atom stereocenters. The van der Waals surface area contributed by atoms with E-state index in [0.29, 0.717) is 12.0 Å². The molecule has 0 radical (unpaired) electrons. The highest BCUT2D eigenvalue weighted by Gasteiger charge is 2.30. The van der Waals surface area contributed by atoms with Gasteiger partial charge in [-0.1, -0.05) is 93.6 Å². The highest BCUT2D eigenvalue weighted by molar-refractivity contribution is 6.38. The molecule has 4 N–H and O–H groups in total. The third-order valence-corrected chi connectivity index (χ3v) is 6.43. The third-order valence-electron chi connectivity index (χ3n) is 6.43. The summed E-state index contributed by atoms with van der Waals surface area (Å²) in [5.41, 5.74) is 1.43. The van der Waals surface area contributed by atoms with E-state index in [2.05, 4.69) is 16.0 Å². The van der Waals surface area contributed by atoms with Crippen molar-refractivity contribution in [3.05, 3.63) is 83.9 Å². The number of aliphatic hydroxyl groups excluding tert-OH is 1. The van der Waals surface area contributed by atoms with Crippen LogP contribution in [0.5, 0.6) is 0 Å². The second-order valence-electron chi connectivity index (χ2n) is 10.0. The first-order chi connectivity index (χ1) is 19.2. The average Bonchev–Trinajstić information content (AvgIpc) is 2.96. The van der Waals surface area contributed by atoms with E-state index in [-0.39, 0.29) is 25.5 Å². The molecular weight excluding hydrogens is 510 g/mol. The zero-order valence-electron chi connectivity index (χ0n) is 23.1. The summed E-state index contributed by atoms with van der Waals surface area (Å²) in [6.45, 7) is 5.33. The number of carbonyl (C=O) groups excluding carboxylic acids is 4. The molecule has 3 aromatic carbocycles. The fourth-order valence-electron chi connectivity index (χ4n) is 4.32. The number of benzene rings is 3. The van der Waals surface area contributed by atoms with E-state index >= 15 is 0 Å². The fraction of sp³-hybridized carbons (Fsp3) is 0.355. The number of nitrogens with one attached hydrogen (secondary N) is 3. The number of ether oxygens (including phenoxy) is 1. The Morgan fingerprint density at radius 1 is 0.850 bits per heavy atom. The molecule has 0 fully saturated rings. The number of fused-ring (bicyclic) bond motifs is 1. The number of carbonyl (C=O) groups is 4. The minimum absolute atomic E-state index is 0.0452. The van der Waals surface area contributed by atoms with E-state index in [1.165, 1.54) is 0 Å². The lowest BCUT2D eigenvalue weighted by molar-refractivity contribution is -0.140. The highest BCUT2D eigenvalue weighted by Crippen LogP contribution is 2.23. The largest absolute Gasteiger partial charge is 0.445 e. The minimum atomic E-state index is -1.10. The van der Waals surface area contributed by atoms with E-state index in [9.17, 15) is 24.3 Å². The van der Waals surface area contributed by atoms with Crippen LogP contribution < -0.4 is 16.0 Å². The maximum absolute atomic E-state index is 13.1. The number of alkyl carbamates (subject to hydrolysis) is 1. The van der Waals surface area contributed by atoms with Gasteiger partial charge in [-0.25, -0.2) is 4.79 Å². The maximum atomic E-state index is 13.1. The molecule has 0 aliphatic rings. The Hall–Kier alpha value is -4.24. The van der Waals surface area contributed by atoms with Crippen LogP contribution in [0.4, 0.5) is 4.79 Å². The summed E-state index contributed by atoms with van der Waals surface area (Å²) in [5, 5.41) is 20.1. The van der Waals surface area contributed by atoms with Crippen LogP contribution in [0, 0.1) is 5.92 Å². The molecule has 3 rings (SSSR count). The lowest BCUT2D eigenvalue weighted by Gasteiger charge is -2.23. The molecule has 0 aromatic heterocycles. The summed E-state index contributed by atoms with van der Waals surface area (Å²) in [6, 6.07) is 20.1. The molecule has 3 amide bonds. The van der Waals surface area contributed by atoms with Crippen LogP contribution in [0.25, 0.3) is 10.8 Å². The minimum Gasteiger partial charge on any atom is -0.445 e. The monoisotopic (exact) mass is 547 g/mol. The molecule has 0 saturated heterocycles. The van der Waals surface area contributed by atoms with Gasteiger partial charge in [-0.2, -0.15) is 0 Å². The van der Waals surface area contributed by atoms with Gasteiger partial charge in [-0.05, 0) is 40.7 Å². The van der Waals surface area contributed by atoms with Crippen LogP contribution in [-0.2, 0) is 25.7 Å². The zero-order chi connectivity index (χ0) is 29.1. The molecule has 0 aliphatic carbocycles. The Morgan fingerprint density at radius 2 is 1.52 bits per heavy atom. The Morgan fingerprint density at radius 3 is 2.23 bits per heavy atom. The quantitative estimate of drug-likeness (QED) is 0.241. The summed E-state index contributed by atoms with van der Waals surface area (Å²) in [6.07, 6.45) is -1.32. The summed E-state index contributed by atoms with van der Waals surface area (Å²) in [5.74, 6) is -2.29. The van der Waals surface area contributed by atoms with Crippen molar-refractivity contribution in [3.8, 4) is 0 Å². The van der Waals surface area contributed by atoms with Crippen LogP contribution in [0.3, 0.4) is 0 Å². The van der Waals surface area contributed by atoms with Crippen molar-refractivity contribution < 1.29 is 29.0 Å². The SMILES string of the molecule is CCC(NC(=O)[C@H](CC(C)C)NC(=O)OCc1ccccc1)C(=O)C(=O)NCC(O)c1cccc2ccccc12. The van der Waals surface area contributed by atoms with Gasteiger partial charge in [0.15, 0.2) is 0 Å². The Kier molecular flexibility index (Phi) is 11.2. The van der Waals surface area contributed by atoms with E-state index in [1.807, 2.05) is 80.6 Å². The van der Waals surface area contributed by atoms with Crippen molar-refractivity contribution in [3.63, 3.8) is 0 Å². The van der Waals surface area contributed by atoms with Gasteiger partial charge in [-0.3, -0.25) is 14.4 Å². The predicted molar refractivity (Wildman–Crippen MR) is 152 cm³/mol. The molecule has 9 heteroatoms. The first-order valence-electron chi connectivity index (χ1n) is 13.4. The number of aliphatic hydroxyl groups is 1. The second-order valence-corrected chi connectivity index (χ2v) is 10.0. The van der Waals surface area contributed by atoms with Crippen LogP contribution in [0.15, 0.2) is 72.8 Å². The number of hydrogen-bond acceptors (Lipinski definition) is 6. The van der Waals surface area contributed by atoms with Gasteiger partial charge in [0.05, 0.1) is 12.1 Å². The van der Waals surface area contributed by atoms with Gasteiger partial charge in [0.1, 0.15) is 12.6 Å². The number of rotatable bonds is 13. The molecule has 2 unspecified atom stereocenters. The first-order valence-corrected chi connectivity index (χ1v) is 13.4. The van der Waals surface area contributed by atoms with Gasteiger partial charge in [-0.15, -0.1) is 0 Å². The number of Topliss-reactive ketones (excluding diaryl/α,β-unsaturated/α-hetero) is 1. The molecule has 0 bridgehead atoms. The molecule has 0 aliphatic heterocycles. The van der Waals surface area contributed by atoms with Crippen molar-refractivity contribution in [2.75, 3.05) is 6.54 Å². The molecular formula is C31H37N3O6. The summed E-state index contributed by atoms with van der Waals surface area (Å²) in [4.78, 5) is 51.0. The lowest BCUT2D eigenvalue weighted by Crippen LogP contribution is -2.54. The van der Waals surface area contributed by atoms with E-state index in [1.54, 1.807) is 13.0 Å². The van der Waals surface area contributed by atoms with Crippen molar-refractivity contribution in [2.45, 2.75) is 58.4 Å². The van der Waals surface area contributed by atoms with Crippen molar-refractivity contribution in [1.82, 2.24) is 16.0 Å². The smallest absolute Gasteiger partial charge is 0.408 e. The Balaban J connectivity index is 1.57. The standard InChI is InChI=1S/C31H37N3O6/c1-4-25(28(36)30(38)32-18-27(35)24-16-10-14-22-13-8-9-15-23(22)24)33-29(37)26(17-20(2)3)34-31(39)40-19-21-11-6-5-7-12-21/h5-16,20,25-27,35H,4,17-19H2,1-3H3,(H,32,38)(H,33,37)(H,34,39)/t25?,26-,27?/m0/s1.